The molecular weight excluding hydrogens is 398 g/mol. The van der Waals surface area contributed by atoms with Crippen LogP contribution in [0.15, 0.2) is 72.8 Å². The van der Waals surface area contributed by atoms with Gasteiger partial charge in [-0.2, -0.15) is 4.58 Å². The second-order valence-electron chi connectivity index (χ2n) is 9.32. The summed E-state index contributed by atoms with van der Waals surface area (Å²) >= 11 is 6.64. The number of hydrogen-bond donors (Lipinski definition) is 0. The average molecular weight is 429 g/mol. The maximum atomic E-state index is 6.64. The van der Waals surface area contributed by atoms with E-state index >= 15 is 0 Å². The third kappa shape index (κ3) is 3.53. The monoisotopic (exact) mass is 428 g/mol. The van der Waals surface area contributed by atoms with Crippen molar-refractivity contribution in [3.63, 3.8) is 0 Å². The van der Waals surface area contributed by atoms with Crippen LogP contribution in [0.5, 0.6) is 0 Å². The second kappa shape index (κ2) is 8.28. The van der Waals surface area contributed by atoms with Crippen LogP contribution in [0.3, 0.4) is 0 Å². The van der Waals surface area contributed by atoms with Crippen molar-refractivity contribution in [3.8, 4) is 0 Å². The van der Waals surface area contributed by atoms with E-state index in [9.17, 15) is 0 Å². The van der Waals surface area contributed by atoms with Gasteiger partial charge in [0.25, 0.3) is 0 Å². The van der Waals surface area contributed by atoms with Gasteiger partial charge in [-0.3, -0.25) is 0 Å². The molecule has 1 aliphatic carbocycles. The number of benzene rings is 3. The van der Waals surface area contributed by atoms with E-state index in [2.05, 4.69) is 79.1 Å². The average Bonchev–Trinajstić information content (AvgIpc) is 3.38. The zero-order valence-corrected chi connectivity index (χ0v) is 19.3. The quantitative estimate of drug-likeness (QED) is 0.364. The van der Waals surface area contributed by atoms with E-state index in [4.69, 9.17) is 11.6 Å². The van der Waals surface area contributed by atoms with Gasteiger partial charge in [0, 0.05) is 16.7 Å². The molecule has 5 rings (SSSR count). The van der Waals surface area contributed by atoms with Crippen LogP contribution in [-0.2, 0) is 11.8 Å². The molecule has 2 aliphatic rings. The first-order chi connectivity index (χ1) is 15.1. The summed E-state index contributed by atoms with van der Waals surface area (Å²) < 4.78 is 2.56. The first-order valence-corrected chi connectivity index (χ1v) is 12.1. The Hall–Kier alpha value is -2.38. The Morgan fingerprint density at radius 3 is 2.52 bits per heavy atom. The first kappa shape index (κ1) is 20.5. The molecule has 1 atom stereocenters. The largest absolute Gasteiger partial charge is 0.217 e. The van der Waals surface area contributed by atoms with E-state index in [-0.39, 0.29) is 5.41 Å². The van der Waals surface area contributed by atoms with Crippen LogP contribution < -0.4 is 0 Å². The Bertz CT molecular complexity index is 1180. The standard InChI is InChI=1S/C29H31ClN/c1-3-31-27(19-16-21-10-4-5-11-21)29(2,20-23-13-7-9-15-26(23)30)25-18-17-22-12-6-8-14-24(22)28(25)31/h6-9,12-19,21H,3-5,10-11,20H2,1-2H3/q+1/b19-16+. The lowest BCUT2D eigenvalue weighted by Crippen LogP contribution is -2.33. The summed E-state index contributed by atoms with van der Waals surface area (Å²) in [6, 6.07) is 21.8. The molecule has 31 heavy (non-hydrogen) atoms. The number of fused-ring (bicyclic) bond motifs is 3. The highest BCUT2D eigenvalue weighted by atomic mass is 35.5. The van der Waals surface area contributed by atoms with Crippen LogP contribution >= 0.6 is 11.6 Å². The molecule has 158 valence electrons. The zero-order chi connectivity index (χ0) is 21.4. The normalized spacial score (nSPS) is 21.5. The van der Waals surface area contributed by atoms with Crippen molar-refractivity contribution >= 4 is 33.8 Å². The molecule has 0 radical (unpaired) electrons. The third-order valence-corrected chi connectivity index (χ3v) is 7.73. The maximum absolute atomic E-state index is 6.64. The van der Waals surface area contributed by atoms with E-state index < -0.39 is 0 Å². The smallest absolute Gasteiger partial charge is 0.195 e. The topological polar surface area (TPSA) is 3.01 Å². The van der Waals surface area contributed by atoms with E-state index in [1.807, 2.05) is 12.1 Å². The molecule has 1 saturated carbocycles. The molecule has 0 amide bonds. The molecule has 0 bridgehead atoms. The molecule has 1 fully saturated rings. The van der Waals surface area contributed by atoms with Gasteiger partial charge in [-0.15, -0.1) is 0 Å². The molecular formula is C29H31ClN+. The summed E-state index contributed by atoms with van der Waals surface area (Å²) in [5.74, 6) is 0.719. The van der Waals surface area contributed by atoms with Gasteiger partial charge in [0.2, 0.25) is 5.69 Å². The van der Waals surface area contributed by atoms with Crippen LogP contribution in [0.2, 0.25) is 5.02 Å². The molecule has 2 heteroatoms. The molecule has 0 saturated heterocycles. The lowest BCUT2D eigenvalue weighted by molar-refractivity contribution is -0.431. The van der Waals surface area contributed by atoms with Crippen molar-refractivity contribution in [1.82, 2.24) is 0 Å². The second-order valence-corrected chi connectivity index (χ2v) is 9.72. The Balaban J connectivity index is 1.71. The highest BCUT2D eigenvalue weighted by Crippen LogP contribution is 2.46. The van der Waals surface area contributed by atoms with Gasteiger partial charge in [0.05, 0.1) is 10.8 Å². The fourth-order valence-electron chi connectivity index (χ4n) is 5.74. The minimum absolute atomic E-state index is 0.116. The molecule has 3 aromatic carbocycles. The van der Waals surface area contributed by atoms with Crippen LogP contribution in [-0.4, -0.2) is 16.8 Å². The Morgan fingerprint density at radius 1 is 1.00 bits per heavy atom. The van der Waals surface area contributed by atoms with Gasteiger partial charge in [0.15, 0.2) is 5.71 Å². The summed E-state index contributed by atoms with van der Waals surface area (Å²) in [5.41, 5.74) is 5.30. The number of allylic oxidation sites excluding steroid dienone is 2. The number of rotatable bonds is 5. The van der Waals surface area contributed by atoms with Crippen molar-refractivity contribution < 1.29 is 4.58 Å². The van der Waals surface area contributed by atoms with Gasteiger partial charge in [-0.25, -0.2) is 0 Å². The molecule has 1 nitrogen and oxygen atoms in total. The summed E-state index contributed by atoms with van der Waals surface area (Å²) in [6.45, 7) is 5.65. The van der Waals surface area contributed by atoms with E-state index in [1.54, 1.807) is 0 Å². The van der Waals surface area contributed by atoms with Crippen molar-refractivity contribution in [2.45, 2.75) is 51.4 Å². The summed E-state index contributed by atoms with van der Waals surface area (Å²) in [4.78, 5) is 0. The van der Waals surface area contributed by atoms with Crippen LogP contribution in [0.4, 0.5) is 5.69 Å². The lowest BCUT2D eigenvalue weighted by Gasteiger charge is -2.23. The minimum Gasteiger partial charge on any atom is -0.195 e. The third-order valence-electron chi connectivity index (χ3n) is 7.37. The fraction of sp³-hybridized carbons (Fsp3) is 0.345. The highest BCUT2D eigenvalue weighted by Gasteiger charge is 2.48. The van der Waals surface area contributed by atoms with Gasteiger partial charge < -0.3 is 0 Å². The minimum atomic E-state index is -0.116. The van der Waals surface area contributed by atoms with Crippen molar-refractivity contribution in [2.24, 2.45) is 5.92 Å². The van der Waals surface area contributed by atoms with E-state index in [0.29, 0.717) is 0 Å². The predicted octanol–water partition coefficient (Wildman–Crippen LogP) is 7.86. The van der Waals surface area contributed by atoms with Crippen LogP contribution in [0, 0.1) is 5.92 Å². The van der Waals surface area contributed by atoms with Gasteiger partial charge in [0.1, 0.15) is 6.54 Å². The van der Waals surface area contributed by atoms with Crippen LogP contribution in [0.25, 0.3) is 10.8 Å². The Morgan fingerprint density at radius 2 is 1.74 bits per heavy atom. The molecule has 0 aromatic heterocycles. The highest BCUT2D eigenvalue weighted by molar-refractivity contribution is 6.31. The molecule has 0 spiro atoms. The Labute approximate surface area is 191 Å². The number of hydrogen-bond acceptors (Lipinski definition) is 0. The van der Waals surface area contributed by atoms with E-state index in [1.165, 1.54) is 59.0 Å². The Kier molecular flexibility index (Phi) is 5.48. The maximum Gasteiger partial charge on any atom is 0.217 e. The predicted molar refractivity (Wildman–Crippen MR) is 133 cm³/mol. The molecule has 1 heterocycles. The van der Waals surface area contributed by atoms with Gasteiger partial charge >= 0.3 is 0 Å². The fourth-order valence-corrected chi connectivity index (χ4v) is 5.94. The number of halogens is 1. The summed E-state index contributed by atoms with van der Waals surface area (Å²) in [5, 5.41) is 3.51. The van der Waals surface area contributed by atoms with Gasteiger partial charge in [-0.1, -0.05) is 79.0 Å². The van der Waals surface area contributed by atoms with Crippen molar-refractivity contribution in [1.29, 1.82) is 0 Å². The molecule has 1 unspecified atom stereocenters. The summed E-state index contributed by atoms with van der Waals surface area (Å²) in [6.07, 6.45) is 11.2. The van der Waals surface area contributed by atoms with Gasteiger partial charge in [-0.05, 0) is 62.1 Å². The number of nitrogens with zero attached hydrogens (tertiary/aromatic N) is 1. The zero-order valence-electron chi connectivity index (χ0n) is 18.6. The molecule has 3 aromatic rings. The lowest BCUT2D eigenvalue weighted by atomic mass is 9.74. The summed E-state index contributed by atoms with van der Waals surface area (Å²) in [7, 11) is 0. The molecule has 1 aliphatic heterocycles. The van der Waals surface area contributed by atoms with E-state index in [0.717, 1.165) is 23.9 Å². The SMILES string of the molecule is CC[N+]1=C(/C=C/C2CCCC2)C(C)(Cc2ccccc2Cl)c2ccc3ccccc3c21. The molecule has 0 N–H and O–H groups in total. The first-order valence-electron chi connectivity index (χ1n) is 11.7. The van der Waals surface area contributed by atoms with Crippen LogP contribution in [0.1, 0.15) is 50.7 Å². The van der Waals surface area contributed by atoms with Crippen molar-refractivity contribution in [2.75, 3.05) is 6.54 Å². The van der Waals surface area contributed by atoms with Crippen molar-refractivity contribution in [3.05, 3.63) is 89.0 Å².